The maximum Gasteiger partial charge on any atom is 1.00 e. The summed E-state index contributed by atoms with van der Waals surface area (Å²) in [6, 6.07) is 0. The molecule has 10 atom stereocenters. The molecule has 2 heterocycles. The van der Waals surface area contributed by atoms with Crippen molar-refractivity contribution in [2.24, 2.45) is 0 Å². The van der Waals surface area contributed by atoms with Gasteiger partial charge in [0.2, 0.25) is 0 Å². The first-order valence-electron chi connectivity index (χ1n) is 6.61. The van der Waals surface area contributed by atoms with Gasteiger partial charge in [0.05, 0.1) is 12.7 Å². The number of hydrogen-bond donors (Lipinski definition) is 8. The first-order chi connectivity index (χ1) is 10.6. The van der Waals surface area contributed by atoms with E-state index in [0.29, 0.717) is 0 Å². The van der Waals surface area contributed by atoms with Crippen molar-refractivity contribution >= 4 is 28.6 Å². The summed E-state index contributed by atoms with van der Waals surface area (Å²) in [4.78, 5) is 0. The van der Waals surface area contributed by atoms with Gasteiger partial charge >= 0.3 is 93.2 Å². The van der Waals surface area contributed by atoms with Gasteiger partial charge in [-0.3, -0.25) is 0 Å². The van der Waals surface area contributed by atoms with Gasteiger partial charge in [-0.15, -0.1) is 0 Å². The van der Waals surface area contributed by atoms with E-state index in [2.05, 4.69) is 33.4 Å². The third-order valence-electron chi connectivity index (χ3n) is 3.39. The zero-order chi connectivity index (χ0) is 17.9. The molecule has 0 aromatic rings. The van der Waals surface area contributed by atoms with Crippen LogP contribution in [0.25, 0.3) is 0 Å². The second-order valence-electron chi connectivity index (χ2n) is 5.06. The van der Waals surface area contributed by atoms with Crippen LogP contribution in [0, 0.1) is 0 Å². The van der Waals surface area contributed by atoms with Gasteiger partial charge in [-0.05, 0) is 5.44 Å². The van der Waals surface area contributed by atoms with E-state index >= 15 is 0 Å². The second kappa shape index (κ2) is 11.1. The van der Waals surface area contributed by atoms with Crippen LogP contribution in [0.1, 0.15) is 0 Å². The van der Waals surface area contributed by atoms with Crippen LogP contribution >= 0.6 is 0 Å². The van der Waals surface area contributed by atoms with Gasteiger partial charge in [0, 0.05) is 0 Å². The van der Waals surface area contributed by atoms with Crippen molar-refractivity contribution in [3.63, 3.8) is 0 Å². The molecule has 2 fully saturated rings. The van der Waals surface area contributed by atoms with Crippen molar-refractivity contribution in [3.05, 3.63) is 0 Å². The van der Waals surface area contributed by atoms with Gasteiger partial charge in [0.1, 0.15) is 18.3 Å². The van der Waals surface area contributed by atoms with E-state index in [-0.39, 0.29) is 22.4 Å². The van der Waals surface area contributed by atoms with Gasteiger partial charge in [-0.2, -0.15) is 0 Å². The van der Waals surface area contributed by atoms with Crippen LogP contribution in [0.5, 0.6) is 0 Å². The summed E-state index contributed by atoms with van der Waals surface area (Å²) in [6.45, 7) is -0.432. The first kappa shape index (κ1) is 25.2. The molecule has 2 rings (SSSR count). The van der Waals surface area contributed by atoms with Crippen LogP contribution in [-0.2, 0) is 44.5 Å². The second-order valence-corrected chi connectivity index (χ2v) is 6.50. The van der Waals surface area contributed by atoms with E-state index in [1.165, 1.54) is 0 Å². The third-order valence-corrected chi connectivity index (χ3v) is 4.60. The van der Waals surface area contributed by atoms with Crippen molar-refractivity contribution in [2.75, 3.05) is 6.61 Å². The summed E-state index contributed by atoms with van der Waals surface area (Å²) in [5.41, 5.74) is -0.986. The molecule has 0 bridgehead atoms. The Morgan fingerprint density at radius 2 is 1.25 bits per heavy atom. The summed E-state index contributed by atoms with van der Waals surface area (Å²) in [5, 5.41) is 71.2. The van der Waals surface area contributed by atoms with Gasteiger partial charge in [0.15, 0.2) is 0 Å². The molecule has 0 saturated carbocycles. The fraction of sp³-hybridized carbons (Fsp3) is 1.00. The molecule has 24 heavy (non-hydrogen) atoms. The summed E-state index contributed by atoms with van der Waals surface area (Å²) < 4.78 is 9.46. The zero-order valence-electron chi connectivity index (χ0n) is 12.0. The maximum atomic E-state index is 9.18. The van der Waals surface area contributed by atoms with Crippen molar-refractivity contribution in [1.82, 2.24) is 0 Å². The summed E-state index contributed by atoms with van der Waals surface area (Å²) in [5.74, 6) is 0. The van der Waals surface area contributed by atoms with E-state index in [9.17, 15) is 5.11 Å². The minimum Gasteiger partial charge on any atom is -0.759 e. The van der Waals surface area contributed by atoms with Crippen molar-refractivity contribution in [1.29, 1.82) is 0 Å². The van der Waals surface area contributed by atoms with Crippen LogP contribution < -0.4 is 0 Å². The Morgan fingerprint density at radius 3 is 1.75 bits per heavy atom. The Kier molecular flexibility index (Phi) is 11.7. The van der Waals surface area contributed by atoms with Gasteiger partial charge < -0.3 is 37.8 Å². The van der Waals surface area contributed by atoms with Gasteiger partial charge in [0.25, 0.3) is 0 Å². The molecule has 0 aliphatic carbocycles. The SMILES string of the molecule is OC1OC([Se])C(O)C(O)C1O.OCC1OC([S-])C(O)C(O)C1O.[Au+]. The number of ether oxygens (including phenoxy) is 2. The molecule has 0 spiro atoms. The molecule has 0 aromatic carbocycles. The average Bonchev–Trinajstić information content (AvgIpc) is 2.53. The first-order valence-corrected chi connectivity index (χ1v) is 8.07. The zero-order valence-corrected chi connectivity index (χ0v) is 16.7. The molecule has 0 amide bonds. The molecule has 1 radical (unpaired) electrons. The van der Waals surface area contributed by atoms with Crippen LogP contribution in [0.3, 0.4) is 0 Å². The molecule has 10 nitrogen and oxygen atoms in total. The molecule has 147 valence electrons. The van der Waals surface area contributed by atoms with Gasteiger partial charge in [-0.1, -0.05) is 0 Å². The van der Waals surface area contributed by atoms with E-state index in [0.717, 1.165) is 0 Å². The number of hydrogen-bond acceptors (Lipinski definition) is 11. The van der Waals surface area contributed by atoms with E-state index in [1.807, 2.05) is 0 Å². The number of rotatable bonds is 1. The predicted molar refractivity (Wildman–Crippen MR) is 75.8 cm³/mol. The predicted octanol–water partition coefficient (Wildman–Crippen LogP) is -5.76. The Hall–Kier alpha value is 1.21. The van der Waals surface area contributed by atoms with E-state index in [4.69, 9.17) is 40.5 Å². The fourth-order valence-electron chi connectivity index (χ4n) is 1.90. The molecule has 13 heteroatoms. The largest absolute Gasteiger partial charge is 1.00 e. The van der Waals surface area contributed by atoms with Crippen LogP contribution in [-0.4, -0.2) is 123 Å². The fourth-order valence-corrected chi connectivity index (χ4v) is 2.78. The van der Waals surface area contributed by atoms with Crippen LogP contribution in [0.15, 0.2) is 0 Å². The quantitative estimate of drug-likeness (QED) is 0.103. The molecule has 8 N–H and O–H groups in total. The summed E-state index contributed by atoms with van der Waals surface area (Å²) >= 11 is 7.04. The molecule has 0 aromatic heterocycles. The Labute approximate surface area is 167 Å². The molecular formula is C11H20AuO10SSe. The maximum absolute atomic E-state index is 9.18. The van der Waals surface area contributed by atoms with Crippen LogP contribution in [0.2, 0.25) is 0 Å². The Bertz CT molecular complexity index is 353. The van der Waals surface area contributed by atoms with Crippen molar-refractivity contribution in [2.45, 2.75) is 59.5 Å². The van der Waals surface area contributed by atoms with E-state index < -0.39 is 66.1 Å². The average molecular weight is 620 g/mol. The smallest absolute Gasteiger partial charge is 0.759 e. The summed E-state index contributed by atoms with van der Waals surface area (Å²) in [7, 11) is 0. The van der Waals surface area contributed by atoms with Gasteiger partial charge in [-0.25, -0.2) is 0 Å². The minimum atomic E-state index is -1.45. The number of aliphatic hydroxyl groups is 8. The third kappa shape index (κ3) is 6.13. The Morgan fingerprint density at radius 1 is 0.750 bits per heavy atom. The topological polar surface area (TPSA) is 180 Å². The molecule has 2 aliphatic heterocycles. The molecular weight excluding hydrogens is 600 g/mol. The standard InChI is InChI=1S/C6H12O5S.C5H9O5Se.Au/c7-1-2-3(8)4(9)5(10)6(12)11-2;6-1-2(7)4(9)10-5(11)3(1)8;/h2-10,12H,1H2;1-9H;/q;;+1/p-1. The molecule has 2 aliphatic rings. The van der Waals surface area contributed by atoms with Crippen LogP contribution in [0.4, 0.5) is 0 Å². The Balaban J connectivity index is 0.000000425. The van der Waals surface area contributed by atoms with Crippen molar-refractivity contribution in [3.8, 4) is 0 Å². The summed E-state index contributed by atoms with van der Waals surface area (Å²) in [6.07, 6.45) is -10.3. The molecule has 2 saturated heterocycles. The monoisotopic (exact) mass is 621 g/mol. The van der Waals surface area contributed by atoms with E-state index in [1.54, 1.807) is 0 Å². The minimum absolute atomic E-state index is 0. The number of aliphatic hydroxyl groups excluding tert-OH is 8. The molecule has 10 unspecified atom stereocenters. The normalized spacial score (nSPS) is 48.8. The van der Waals surface area contributed by atoms with Crippen molar-refractivity contribution < 1.29 is 72.7 Å².